The van der Waals surface area contributed by atoms with Gasteiger partial charge in [-0.2, -0.15) is 0 Å². The summed E-state index contributed by atoms with van der Waals surface area (Å²) in [6.07, 6.45) is 3.19. The van der Waals surface area contributed by atoms with E-state index in [2.05, 4.69) is 5.32 Å². The molecule has 0 bridgehead atoms. The summed E-state index contributed by atoms with van der Waals surface area (Å²) in [6, 6.07) is 7.67. The second-order valence-corrected chi connectivity index (χ2v) is 6.66. The first-order chi connectivity index (χ1) is 9.86. The van der Waals surface area contributed by atoms with Crippen LogP contribution in [-0.2, 0) is 16.3 Å². The predicted molar refractivity (Wildman–Crippen MR) is 78.7 cm³/mol. The minimum absolute atomic E-state index is 0.0266. The number of hydrogen-bond donors (Lipinski definition) is 2. The van der Waals surface area contributed by atoms with Gasteiger partial charge in [-0.25, -0.2) is 8.42 Å². The van der Waals surface area contributed by atoms with E-state index in [4.69, 9.17) is 10.2 Å². The number of rotatable bonds is 5. The molecule has 1 aromatic heterocycles. The molecule has 1 heterocycles. The highest BCUT2D eigenvalue weighted by atomic mass is 32.2. The number of benzene rings is 1. The quantitative estimate of drug-likeness (QED) is 0.809. The Morgan fingerprint density at radius 3 is 2.71 bits per heavy atom. The fourth-order valence-corrected chi connectivity index (χ4v) is 2.51. The molecule has 0 saturated heterocycles. The molecule has 0 atom stereocenters. The van der Waals surface area contributed by atoms with Crippen molar-refractivity contribution in [2.24, 2.45) is 0 Å². The minimum atomic E-state index is -3.41. The molecule has 1 aromatic carbocycles. The molecule has 7 heteroatoms. The molecule has 0 fully saturated rings. The smallest absolute Gasteiger partial charge is 0.251 e. The first kappa shape index (κ1) is 15.1. The van der Waals surface area contributed by atoms with Gasteiger partial charge in [0.05, 0.1) is 11.2 Å². The Labute approximate surface area is 122 Å². The van der Waals surface area contributed by atoms with Crippen LogP contribution in [0.4, 0.5) is 5.69 Å². The Kier molecular flexibility index (Phi) is 4.32. The van der Waals surface area contributed by atoms with E-state index in [0.717, 1.165) is 12.0 Å². The summed E-state index contributed by atoms with van der Waals surface area (Å²) < 4.78 is 28.2. The van der Waals surface area contributed by atoms with E-state index in [-0.39, 0.29) is 22.1 Å². The van der Waals surface area contributed by atoms with E-state index in [1.807, 2.05) is 6.07 Å². The van der Waals surface area contributed by atoms with Crippen LogP contribution in [0.15, 0.2) is 45.9 Å². The third kappa shape index (κ3) is 4.09. The molecule has 0 saturated carbocycles. The first-order valence-electron chi connectivity index (χ1n) is 6.27. The van der Waals surface area contributed by atoms with Crippen molar-refractivity contribution in [3.63, 3.8) is 0 Å². The van der Waals surface area contributed by atoms with Crippen LogP contribution in [0.5, 0.6) is 0 Å². The molecule has 0 radical (unpaired) electrons. The number of furan rings is 1. The van der Waals surface area contributed by atoms with Crippen molar-refractivity contribution in [1.29, 1.82) is 0 Å². The number of amides is 1. The van der Waals surface area contributed by atoms with E-state index in [9.17, 15) is 13.2 Å². The normalized spacial score (nSPS) is 11.3. The lowest BCUT2D eigenvalue weighted by Crippen LogP contribution is -2.26. The maximum Gasteiger partial charge on any atom is 0.251 e. The molecule has 2 aromatic rings. The van der Waals surface area contributed by atoms with Gasteiger partial charge >= 0.3 is 0 Å². The summed E-state index contributed by atoms with van der Waals surface area (Å²) in [6.45, 7) is 0.384. The van der Waals surface area contributed by atoms with Gasteiger partial charge in [-0.05, 0) is 30.3 Å². The van der Waals surface area contributed by atoms with Gasteiger partial charge in [-0.1, -0.05) is 0 Å². The predicted octanol–water partition coefficient (Wildman–Crippen LogP) is 1.24. The summed E-state index contributed by atoms with van der Waals surface area (Å²) in [5.74, 6) is 0.387. The van der Waals surface area contributed by atoms with Gasteiger partial charge in [0.1, 0.15) is 5.76 Å². The number of carbonyl (C=O) groups excluding carboxylic acids is 1. The lowest BCUT2D eigenvalue weighted by molar-refractivity contribution is 0.0953. The second-order valence-electron chi connectivity index (χ2n) is 4.65. The Hall–Kier alpha value is -2.28. The van der Waals surface area contributed by atoms with Crippen LogP contribution in [0.2, 0.25) is 0 Å². The van der Waals surface area contributed by atoms with Gasteiger partial charge in [0, 0.05) is 30.5 Å². The highest BCUT2D eigenvalue weighted by Crippen LogP contribution is 2.16. The Morgan fingerprint density at radius 2 is 2.10 bits per heavy atom. The summed E-state index contributed by atoms with van der Waals surface area (Å²) >= 11 is 0. The number of nitrogens with one attached hydrogen (secondary N) is 1. The average molecular weight is 308 g/mol. The summed E-state index contributed by atoms with van der Waals surface area (Å²) in [5, 5.41) is 2.69. The zero-order valence-corrected chi connectivity index (χ0v) is 12.3. The van der Waals surface area contributed by atoms with E-state index in [0.29, 0.717) is 13.0 Å². The number of carbonyl (C=O) groups is 1. The van der Waals surface area contributed by atoms with Crippen LogP contribution in [0.1, 0.15) is 16.1 Å². The van der Waals surface area contributed by atoms with Crippen LogP contribution in [0.25, 0.3) is 0 Å². The maximum atomic E-state index is 12.0. The van der Waals surface area contributed by atoms with Crippen molar-refractivity contribution in [3.8, 4) is 0 Å². The van der Waals surface area contributed by atoms with E-state index >= 15 is 0 Å². The molecule has 21 heavy (non-hydrogen) atoms. The lowest BCUT2D eigenvalue weighted by atomic mass is 10.2. The molecule has 0 unspecified atom stereocenters. The highest BCUT2D eigenvalue weighted by molar-refractivity contribution is 7.90. The summed E-state index contributed by atoms with van der Waals surface area (Å²) in [7, 11) is -3.41. The van der Waals surface area contributed by atoms with E-state index in [1.54, 1.807) is 12.3 Å². The van der Waals surface area contributed by atoms with Gasteiger partial charge in [-0.15, -0.1) is 0 Å². The molecule has 0 aliphatic rings. The van der Waals surface area contributed by atoms with Gasteiger partial charge in [0.2, 0.25) is 0 Å². The molecule has 112 valence electrons. The molecule has 0 aliphatic carbocycles. The van der Waals surface area contributed by atoms with Crippen molar-refractivity contribution >= 4 is 21.4 Å². The maximum absolute atomic E-state index is 12.0. The minimum Gasteiger partial charge on any atom is -0.469 e. The number of sulfone groups is 1. The van der Waals surface area contributed by atoms with Crippen LogP contribution in [0, 0.1) is 0 Å². The van der Waals surface area contributed by atoms with Crippen LogP contribution in [-0.4, -0.2) is 27.1 Å². The standard InChI is InChI=1S/C14H16N2O4S/c1-21(18,19)13-8-10(7-11(15)9-13)14(17)16-5-4-12-3-2-6-20-12/h2-3,6-9H,4-5,15H2,1H3,(H,16,17). The van der Waals surface area contributed by atoms with Crippen LogP contribution < -0.4 is 11.1 Å². The molecule has 2 rings (SSSR count). The third-order valence-corrected chi connectivity index (χ3v) is 3.95. The summed E-state index contributed by atoms with van der Waals surface area (Å²) in [5.41, 5.74) is 6.09. The van der Waals surface area contributed by atoms with E-state index < -0.39 is 9.84 Å². The number of nitrogen functional groups attached to an aromatic ring is 1. The molecular weight excluding hydrogens is 292 g/mol. The average Bonchev–Trinajstić information content (AvgIpc) is 2.90. The van der Waals surface area contributed by atoms with Crippen LogP contribution in [0.3, 0.4) is 0 Å². The van der Waals surface area contributed by atoms with Gasteiger partial charge in [0.15, 0.2) is 9.84 Å². The zero-order chi connectivity index (χ0) is 15.5. The molecule has 0 spiro atoms. The third-order valence-electron chi connectivity index (χ3n) is 2.86. The molecule has 0 aliphatic heterocycles. The first-order valence-corrected chi connectivity index (χ1v) is 8.16. The van der Waals surface area contributed by atoms with Crippen LogP contribution >= 0.6 is 0 Å². The number of anilines is 1. The van der Waals surface area contributed by atoms with Crippen molar-refractivity contribution in [2.75, 3.05) is 18.5 Å². The monoisotopic (exact) mass is 308 g/mol. The SMILES string of the molecule is CS(=O)(=O)c1cc(N)cc(C(=O)NCCc2ccco2)c1. The topological polar surface area (TPSA) is 102 Å². The lowest BCUT2D eigenvalue weighted by Gasteiger charge is -2.07. The summed E-state index contributed by atoms with van der Waals surface area (Å²) in [4.78, 5) is 12.0. The van der Waals surface area contributed by atoms with E-state index in [1.165, 1.54) is 18.2 Å². The fraction of sp³-hybridized carbons (Fsp3) is 0.214. The molecule has 3 N–H and O–H groups in total. The molecular formula is C14H16N2O4S. The Bertz CT molecular complexity index is 736. The molecule has 1 amide bonds. The van der Waals surface area contributed by atoms with Gasteiger partial charge in [-0.3, -0.25) is 4.79 Å². The highest BCUT2D eigenvalue weighted by Gasteiger charge is 2.13. The zero-order valence-electron chi connectivity index (χ0n) is 11.5. The second kappa shape index (κ2) is 6.01. The van der Waals surface area contributed by atoms with Crippen molar-refractivity contribution in [1.82, 2.24) is 5.32 Å². The Morgan fingerprint density at radius 1 is 1.33 bits per heavy atom. The fourth-order valence-electron chi connectivity index (χ4n) is 1.82. The van der Waals surface area contributed by atoms with Crippen molar-refractivity contribution in [3.05, 3.63) is 47.9 Å². The largest absolute Gasteiger partial charge is 0.469 e. The van der Waals surface area contributed by atoms with Crippen molar-refractivity contribution in [2.45, 2.75) is 11.3 Å². The molecule has 6 nitrogen and oxygen atoms in total. The van der Waals surface area contributed by atoms with Gasteiger partial charge in [0.25, 0.3) is 5.91 Å². The number of nitrogens with two attached hydrogens (primary N) is 1. The van der Waals surface area contributed by atoms with Crippen molar-refractivity contribution < 1.29 is 17.6 Å². The van der Waals surface area contributed by atoms with Gasteiger partial charge < -0.3 is 15.5 Å². The Balaban J connectivity index is 2.07. The number of hydrogen-bond acceptors (Lipinski definition) is 5.